The van der Waals surface area contributed by atoms with Crippen molar-refractivity contribution in [3.8, 4) is 5.75 Å². The van der Waals surface area contributed by atoms with Gasteiger partial charge in [0.05, 0.1) is 27.4 Å². The number of hydrogen-bond acceptors (Lipinski definition) is 7. The molecule has 1 aliphatic rings. The second kappa shape index (κ2) is 6.46. The molecule has 0 radical (unpaired) electrons. The van der Waals surface area contributed by atoms with Gasteiger partial charge in [0, 0.05) is 29.1 Å². The summed E-state index contributed by atoms with van der Waals surface area (Å²) in [5, 5.41) is 12.6. The SMILES string of the molecule is CS(=O)(=O)c1cc(Nc2cccc(O)c2)c2c(c1N)C(=O)c1ccccc1C2=O. The predicted octanol–water partition coefficient (Wildman–Crippen LogP) is 2.90. The van der Waals surface area contributed by atoms with E-state index >= 15 is 0 Å². The van der Waals surface area contributed by atoms with E-state index in [2.05, 4.69) is 5.32 Å². The number of aromatic hydroxyl groups is 1. The van der Waals surface area contributed by atoms with Gasteiger partial charge in [0.15, 0.2) is 21.4 Å². The van der Waals surface area contributed by atoms with Crippen molar-refractivity contribution < 1.29 is 23.1 Å². The molecule has 1 aliphatic carbocycles. The van der Waals surface area contributed by atoms with Gasteiger partial charge in [-0.1, -0.05) is 30.3 Å². The van der Waals surface area contributed by atoms with Crippen molar-refractivity contribution in [2.75, 3.05) is 17.3 Å². The van der Waals surface area contributed by atoms with E-state index in [9.17, 15) is 23.1 Å². The van der Waals surface area contributed by atoms with E-state index < -0.39 is 21.4 Å². The monoisotopic (exact) mass is 408 g/mol. The van der Waals surface area contributed by atoms with Crippen LogP contribution in [0.25, 0.3) is 0 Å². The van der Waals surface area contributed by atoms with Crippen molar-refractivity contribution in [1.29, 1.82) is 0 Å². The average molecular weight is 408 g/mol. The van der Waals surface area contributed by atoms with Gasteiger partial charge in [-0.2, -0.15) is 0 Å². The summed E-state index contributed by atoms with van der Waals surface area (Å²) in [6, 6.07) is 13.6. The third-order valence-corrected chi connectivity index (χ3v) is 5.86. The van der Waals surface area contributed by atoms with E-state index in [4.69, 9.17) is 5.73 Å². The number of phenolic OH excluding ortho intramolecular Hbond substituents is 1. The minimum atomic E-state index is -3.79. The van der Waals surface area contributed by atoms with E-state index in [-0.39, 0.29) is 44.3 Å². The quantitative estimate of drug-likeness (QED) is 0.445. The summed E-state index contributed by atoms with van der Waals surface area (Å²) in [5.74, 6) is -0.975. The number of phenols is 1. The van der Waals surface area contributed by atoms with Crippen molar-refractivity contribution in [1.82, 2.24) is 0 Å². The number of sulfone groups is 1. The van der Waals surface area contributed by atoms with Gasteiger partial charge >= 0.3 is 0 Å². The number of anilines is 3. The minimum absolute atomic E-state index is 0.00180. The Morgan fingerprint density at radius 1 is 0.897 bits per heavy atom. The molecule has 4 N–H and O–H groups in total. The smallest absolute Gasteiger partial charge is 0.196 e. The van der Waals surface area contributed by atoms with Crippen LogP contribution >= 0.6 is 0 Å². The molecule has 0 aromatic heterocycles. The molecule has 0 spiro atoms. The lowest BCUT2D eigenvalue weighted by molar-refractivity contribution is 0.0980. The highest BCUT2D eigenvalue weighted by Gasteiger charge is 2.36. The maximum atomic E-state index is 13.2. The molecule has 0 fully saturated rings. The van der Waals surface area contributed by atoms with E-state index in [1.165, 1.54) is 30.3 Å². The molecule has 7 nitrogen and oxygen atoms in total. The van der Waals surface area contributed by atoms with Crippen molar-refractivity contribution in [3.05, 3.63) is 76.9 Å². The number of rotatable bonds is 3. The van der Waals surface area contributed by atoms with Gasteiger partial charge in [0.1, 0.15) is 5.75 Å². The molecule has 0 saturated carbocycles. The Labute approximate surface area is 166 Å². The predicted molar refractivity (Wildman–Crippen MR) is 109 cm³/mol. The number of nitrogen functional groups attached to an aromatic ring is 1. The second-order valence-corrected chi connectivity index (χ2v) is 8.72. The average Bonchev–Trinajstić information content (AvgIpc) is 2.66. The zero-order valence-electron chi connectivity index (χ0n) is 15.3. The highest BCUT2D eigenvalue weighted by Crippen LogP contribution is 2.40. The summed E-state index contributed by atoms with van der Waals surface area (Å²) in [6.45, 7) is 0. The normalized spacial score (nSPS) is 13.0. The first-order valence-corrected chi connectivity index (χ1v) is 10.5. The summed E-state index contributed by atoms with van der Waals surface area (Å²) in [4.78, 5) is 26.1. The summed E-state index contributed by atoms with van der Waals surface area (Å²) >= 11 is 0. The molecule has 0 unspecified atom stereocenters. The lowest BCUT2D eigenvalue weighted by Crippen LogP contribution is -2.25. The number of nitrogens with two attached hydrogens (primary N) is 1. The Bertz CT molecular complexity index is 1310. The standard InChI is InChI=1S/C21H16N2O5S/c1-29(27,28)16-10-15(23-11-5-4-6-12(24)9-11)17-18(19(16)22)21(26)14-8-3-2-7-13(14)20(17)25/h2-10,23-24H,22H2,1H3. The molecule has 0 aliphatic heterocycles. The number of fused-ring (bicyclic) bond motifs is 2. The molecule has 3 aromatic carbocycles. The third-order valence-electron chi connectivity index (χ3n) is 4.72. The second-order valence-electron chi connectivity index (χ2n) is 6.74. The van der Waals surface area contributed by atoms with Crippen molar-refractivity contribution in [3.63, 3.8) is 0 Å². The van der Waals surface area contributed by atoms with Gasteiger partial charge < -0.3 is 16.2 Å². The maximum absolute atomic E-state index is 13.2. The molecule has 0 saturated heterocycles. The van der Waals surface area contributed by atoms with Crippen LogP contribution in [0.4, 0.5) is 17.1 Å². The van der Waals surface area contributed by atoms with E-state index in [0.29, 0.717) is 5.69 Å². The first-order valence-electron chi connectivity index (χ1n) is 8.59. The van der Waals surface area contributed by atoms with E-state index in [0.717, 1.165) is 6.26 Å². The molecule has 0 atom stereocenters. The Hall–Kier alpha value is -3.65. The maximum Gasteiger partial charge on any atom is 0.196 e. The summed E-state index contributed by atoms with van der Waals surface area (Å²) < 4.78 is 24.6. The topological polar surface area (TPSA) is 127 Å². The van der Waals surface area contributed by atoms with Crippen LogP contribution in [0.15, 0.2) is 59.5 Å². The van der Waals surface area contributed by atoms with Crippen LogP contribution in [-0.2, 0) is 9.84 Å². The molecule has 0 bridgehead atoms. The summed E-state index contributed by atoms with van der Waals surface area (Å²) in [7, 11) is -3.79. The molecule has 0 amide bonds. The van der Waals surface area contributed by atoms with Crippen molar-refractivity contribution >= 4 is 38.5 Å². The molecular weight excluding hydrogens is 392 g/mol. The van der Waals surface area contributed by atoms with Crippen LogP contribution in [-0.4, -0.2) is 31.3 Å². The molecule has 0 heterocycles. The fourth-order valence-corrected chi connectivity index (χ4v) is 4.27. The first-order chi connectivity index (χ1) is 13.7. The van der Waals surface area contributed by atoms with Gasteiger partial charge in [-0.05, 0) is 18.2 Å². The number of carbonyl (C=O) groups is 2. The molecular formula is C21H16N2O5S. The fraction of sp³-hybridized carbons (Fsp3) is 0.0476. The molecule has 3 aromatic rings. The van der Waals surface area contributed by atoms with Crippen LogP contribution in [0.5, 0.6) is 5.75 Å². The fourth-order valence-electron chi connectivity index (χ4n) is 3.44. The van der Waals surface area contributed by atoms with Gasteiger partial charge in [-0.15, -0.1) is 0 Å². The largest absolute Gasteiger partial charge is 0.508 e. The number of hydrogen-bond donors (Lipinski definition) is 3. The van der Waals surface area contributed by atoms with Crippen molar-refractivity contribution in [2.45, 2.75) is 4.90 Å². The number of carbonyl (C=O) groups excluding carboxylic acids is 2. The summed E-state index contributed by atoms with van der Waals surface area (Å²) in [5.41, 5.74) is 6.60. The highest BCUT2D eigenvalue weighted by molar-refractivity contribution is 7.90. The van der Waals surface area contributed by atoms with Crippen LogP contribution in [0.3, 0.4) is 0 Å². The third kappa shape index (κ3) is 3.03. The Morgan fingerprint density at radius 2 is 1.52 bits per heavy atom. The minimum Gasteiger partial charge on any atom is -0.508 e. The zero-order chi connectivity index (χ0) is 20.9. The van der Waals surface area contributed by atoms with Crippen molar-refractivity contribution in [2.24, 2.45) is 0 Å². The van der Waals surface area contributed by atoms with Gasteiger partial charge in [-0.25, -0.2) is 8.42 Å². The Morgan fingerprint density at radius 3 is 2.10 bits per heavy atom. The Balaban J connectivity index is 2.03. The zero-order valence-corrected chi connectivity index (χ0v) is 16.1. The van der Waals surface area contributed by atoms with Crippen LogP contribution in [0, 0.1) is 0 Å². The van der Waals surface area contributed by atoms with Gasteiger partial charge in [0.2, 0.25) is 0 Å². The first kappa shape index (κ1) is 18.7. The molecule has 4 rings (SSSR count). The molecule has 8 heteroatoms. The molecule has 146 valence electrons. The van der Waals surface area contributed by atoms with Gasteiger partial charge in [0.25, 0.3) is 0 Å². The Kier molecular flexibility index (Phi) is 4.16. The van der Waals surface area contributed by atoms with Crippen LogP contribution < -0.4 is 11.1 Å². The van der Waals surface area contributed by atoms with E-state index in [1.807, 2.05) is 0 Å². The number of nitrogens with one attached hydrogen (secondary N) is 1. The molecule has 29 heavy (non-hydrogen) atoms. The number of ketones is 2. The van der Waals surface area contributed by atoms with Crippen LogP contribution in [0.1, 0.15) is 31.8 Å². The van der Waals surface area contributed by atoms with Crippen LogP contribution in [0.2, 0.25) is 0 Å². The lowest BCUT2D eigenvalue weighted by atomic mass is 9.82. The summed E-state index contributed by atoms with van der Waals surface area (Å²) in [6.07, 6.45) is 0.978. The number of benzene rings is 3. The van der Waals surface area contributed by atoms with Gasteiger partial charge in [-0.3, -0.25) is 9.59 Å². The highest BCUT2D eigenvalue weighted by atomic mass is 32.2. The van der Waals surface area contributed by atoms with E-state index in [1.54, 1.807) is 24.3 Å². The lowest BCUT2D eigenvalue weighted by Gasteiger charge is -2.24.